The quantitative estimate of drug-likeness (QED) is 0.691. The van der Waals surface area contributed by atoms with Gasteiger partial charge in [0, 0.05) is 29.5 Å². The summed E-state index contributed by atoms with van der Waals surface area (Å²) in [6, 6.07) is 15.0. The van der Waals surface area contributed by atoms with Crippen molar-refractivity contribution in [3.63, 3.8) is 0 Å². The van der Waals surface area contributed by atoms with E-state index in [0.717, 1.165) is 55.8 Å². The number of halogens is 1. The van der Waals surface area contributed by atoms with Crippen molar-refractivity contribution >= 4 is 15.9 Å². The van der Waals surface area contributed by atoms with Gasteiger partial charge in [-0.15, -0.1) is 0 Å². The average Bonchev–Trinajstić information content (AvgIpc) is 3.03. The van der Waals surface area contributed by atoms with E-state index in [1.54, 1.807) is 0 Å². The molecule has 2 aromatic rings. The van der Waals surface area contributed by atoms with E-state index in [-0.39, 0.29) is 0 Å². The highest BCUT2D eigenvalue weighted by Gasteiger charge is 2.16. The second kappa shape index (κ2) is 8.65. The molecule has 128 valence electrons. The van der Waals surface area contributed by atoms with E-state index in [4.69, 9.17) is 4.74 Å². The number of rotatable bonds is 8. The summed E-state index contributed by atoms with van der Waals surface area (Å²) in [5, 5.41) is 3.55. The Balaban J connectivity index is 1.39. The zero-order valence-corrected chi connectivity index (χ0v) is 15.8. The minimum atomic E-state index is 0.809. The van der Waals surface area contributed by atoms with Crippen LogP contribution in [0.3, 0.4) is 0 Å². The Hall–Kier alpha value is -1.36. The van der Waals surface area contributed by atoms with Gasteiger partial charge in [0.2, 0.25) is 0 Å². The first-order chi connectivity index (χ1) is 11.7. The van der Waals surface area contributed by atoms with Crippen molar-refractivity contribution in [3.05, 3.63) is 63.6 Å². The number of benzene rings is 2. The van der Waals surface area contributed by atoms with Gasteiger partial charge in [-0.2, -0.15) is 0 Å². The minimum Gasteiger partial charge on any atom is -0.493 e. The Morgan fingerprint density at radius 1 is 1.21 bits per heavy atom. The largest absolute Gasteiger partial charge is 0.493 e. The highest BCUT2D eigenvalue weighted by atomic mass is 79.9. The Kier molecular flexibility index (Phi) is 6.30. The van der Waals surface area contributed by atoms with Crippen LogP contribution in [0.5, 0.6) is 5.75 Å². The molecule has 0 amide bonds. The van der Waals surface area contributed by atoms with Crippen LogP contribution >= 0.6 is 15.9 Å². The summed E-state index contributed by atoms with van der Waals surface area (Å²) in [7, 11) is 2.18. The lowest BCUT2D eigenvalue weighted by molar-refractivity contribution is 0.319. The summed E-state index contributed by atoms with van der Waals surface area (Å²) in [6.45, 7) is 4.79. The van der Waals surface area contributed by atoms with E-state index in [2.05, 4.69) is 75.7 Å². The van der Waals surface area contributed by atoms with Gasteiger partial charge in [-0.1, -0.05) is 46.3 Å². The molecule has 24 heavy (non-hydrogen) atoms. The number of ether oxygens (including phenoxy) is 1. The third-order valence-corrected chi connectivity index (χ3v) is 4.79. The number of nitrogens with zero attached hydrogens (tertiary/aromatic N) is 1. The minimum absolute atomic E-state index is 0.809. The average molecular weight is 389 g/mol. The fourth-order valence-corrected chi connectivity index (χ4v) is 3.70. The standard InChI is InChI=1S/C20H25BrN2O/c1-23(15-16-6-3-2-4-7-16)10-5-9-22-14-18-13-19(21)12-17-8-11-24-20(17)18/h2-4,6-7,12-13,22H,5,8-11,14-15H2,1H3. The van der Waals surface area contributed by atoms with Gasteiger partial charge in [-0.25, -0.2) is 0 Å². The van der Waals surface area contributed by atoms with E-state index in [9.17, 15) is 0 Å². The van der Waals surface area contributed by atoms with Crippen molar-refractivity contribution in [3.8, 4) is 5.75 Å². The fourth-order valence-electron chi connectivity index (χ4n) is 3.15. The summed E-state index contributed by atoms with van der Waals surface area (Å²) in [5.41, 5.74) is 3.95. The van der Waals surface area contributed by atoms with Crippen molar-refractivity contribution < 1.29 is 4.74 Å². The first-order valence-corrected chi connectivity index (χ1v) is 9.39. The van der Waals surface area contributed by atoms with Crippen LogP contribution in [0.1, 0.15) is 23.1 Å². The van der Waals surface area contributed by atoms with Crippen molar-refractivity contribution in [2.45, 2.75) is 25.9 Å². The van der Waals surface area contributed by atoms with Gasteiger partial charge in [-0.05, 0) is 49.8 Å². The summed E-state index contributed by atoms with van der Waals surface area (Å²) in [4.78, 5) is 2.37. The molecule has 1 heterocycles. The van der Waals surface area contributed by atoms with Crippen LogP contribution in [0.2, 0.25) is 0 Å². The van der Waals surface area contributed by atoms with E-state index in [1.165, 1.54) is 16.7 Å². The van der Waals surface area contributed by atoms with E-state index >= 15 is 0 Å². The molecular weight excluding hydrogens is 364 g/mol. The summed E-state index contributed by atoms with van der Waals surface area (Å²) >= 11 is 3.60. The van der Waals surface area contributed by atoms with Crippen LogP contribution in [-0.2, 0) is 19.5 Å². The molecule has 3 nitrogen and oxygen atoms in total. The lowest BCUT2D eigenvalue weighted by atomic mass is 10.1. The molecule has 4 heteroatoms. The third kappa shape index (κ3) is 4.82. The van der Waals surface area contributed by atoms with E-state index < -0.39 is 0 Å². The van der Waals surface area contributed by atoms with Crippen LogP contribution < -0.4 is 10.1 Å². The van der Waals surface area contributed by atoms with Gasteiger partial charge in [0.25, 0.3) is 0 Å². The van der Waals surface area contributed by atoms with Crippen LogP contribution in [0.4, 0.5) is 0 Å². The highest BCUT2D eigenvalue weighted by Crippen LogP contribution is 2.32. The maximum absolute atomic E-state index is 5.78. The van der Waals surface area contributed by atoms with Gasteiger partial charge in [0.1, 0.15) is 5.75 Å². The Labute approximate surface area is 153 Å². The molecule has 0 aromatic heterocycles. The molecule has 0 bridgehead atoms. The number of hydrogen-bond donors (Lipinski definition) is 1. The van der Waals surface area contributed by atoms with Crippen LogP contribution in [0.25, 0.3) is 0 Å². The summed E-state index contributed by atoms with van der Waals surface area (Å²) in [6.07, 6.45) is 2.16. The zero-order chi connectivity index (χ0) is 16.8. The molecule has 0 spiro atoms. The molecule has 0 unspecified atom stereocenters. The van der Waals surface area contributed by atoms with Crippen molar-refractivity contribution in [2.75, 3.05) is 26.7 Å². The number of nitrogens with one attached hydrogen (secondary N) is 1. The van der Waals surface area contributed by atoms with Gasteiger partial charge < -0.3 is 15.0 Å². The predicted octanol–water partition coefficient (Wildman–Crippen LogP) is 4.00. The fraction of sp³-hybridized carbons (Fsp3) is 0.400. The molecule has 1 N–H and O–H groups in total. The second-order valence-corrected chi connectivity index (χ2v) is 7.32. The molecule has 1 aliphatic rings. The lowest BCUT2D eigenvalue weighted by Crippen LogP contribution is -2.23. The first kappa shape index (κ1) is 17.5. The third-order valence-electron chi connectivity index (χ3n) is 4.33. The smallest absolute Gasteiger partial charge is 0.127 e. The van der Waals surface area contributed by atoms with Gasteiger partial charge in [0.15, 0.2) is 0 Å². The normalized spacial score (nSPS) is 13.1. The highest BCUT2D eigenvalue weighted by molar-refractivity contribution is 9.10. The van der Waals surface area contributed by atoms with Crippen LogP contribution in [-0.4, -0.2) is 31.6 Å². The molecule has 2 aromatic carbocycles. The maximum Gasteiger partial charge on any atom is 0.127 e. The van der Waals surface area contributed by atoms with E-state index in [1.807, 2.05) is 0 Å². The van der Waals surface area contributed by atoms with Crippen LogP contribution in [0.15, 0.2) is 46.9 Å². The van der Waals surface area contributed by atoms with Gasteiger partial charge in [0.05, 0.1) is 6.61 Å². The molecule has 0 atom stereocenters. The zero-order valence-electron chi connectivity index (χ0n) is 14.2. The molecule has 0 aliphatic carbocycles. The lowest BCUT2D eigenvalue weighted by Gasteiger charge is -2.17. The molecule has 0 fully saturated rings. The topological polar surface area (TPSA) is 24.5 Å². The molecule has 0 radical (unpaired) electrons. The van der Waals surface area contributed by atoms with Crippen molar-refractivity contribution in [2.24, 2.45) is 0 Å². The first-order valence-electron chi connectivity index (χ1n) is 8.59. The Bertz CT molecular complexity index is 660. The Morgan fingerprint density at radius 2 is 2.04 bits per heavy atom. The Morgan fingerprint density at radius 3 is 2.88 bits per heavy atom. The number of fused-ring (bicyclic) bond motifs is 1. The van der Waals surface area contributed by atoms with Gasteiger partial charge >= 0.3 is 0 Å². The number of hydrogen-bond acceptors (Lipinski definition) is 3. The summed E-state index contributed by atoms with van der Waals surface area (Å²) < 4.78 is 6.92. The van der Waals surface area contributed by atoms with Gasteiger partial charge in [-0.3, -0.25) is 0 Å². The monoisotopic (exact) mass is 388 g/mol. The van der Waals surface area contributed by atoms with Crippen LogP contribution in [0, 0.1) is 0 Å². The molecular formula is C20H25BrN2O. The molecule has 0 saturated carbocycles. The van der Waals surface area contributed by atoms with Crippen molar-refractivity contribution in [1.82, 2.24) is 10.2 Å². The molecule has 3 rings (SSSR count). The predicted molar refractivity (Wildman–Crippen MR) is 102 cm³/mol. The molecule has 0 saturated heterocycles. The molecule has 1 aliphatic heterocycles. The maximum atomic E-state index is 5.78. The SMILES string of the molecule is CN(CCCNCc1cc(Br)cc2c1OCC2)Cc1ccccc1. The van der Waals surface area contributed by atoms with Crippen molar-refractivity contribution in [1.29, 1.82) is 0 Å². The van der Waals surface area contributed by atoms with E-state index in [0.29, 0.717) is 0 Å². The second-order valence-electron chi connectivity index (χ2n) is 6.41. The summed E-state index contributed by atoms with van der Waals surface area (Å²) in [5.74, 6) is 1.09.